The lowest BCUT2D eigenvalue weighted by Crippen LogP contribution is -2.13. The van der Waals surface area contributed by atoms with Crippen LogP contribution < -0.4 is 5.73 Å². The molecule has 76 valence electrons. The predicted octanol–water partition coefficient (Wildman–Crippen LogP) is 3.46. The van der Waals surface area contributed by atoms with E-state index in [0.717, 1.165) is 0 Å². The molecule has 0 aromatic heterocycles. The molecule has 0 rings (SSSR count). The molecule has 0 heterocycles. The van der Waals surface area contributed by atoms with Gasteiger partial charge in [-0.15, -0.1) is 23.3 Å². The molecule has 2 N–H and O–H groups in total. The van der Waals surface area contributed by atoms with Crippen molar-refractivity contribution in [3.63, 3.8) is 0 Å². The molecule has 0 aromatic carbocycles. The maximum atomic E-state index is 5.61. The van der Waals surface area contributed by atoms with Gasteiger partial charge in [0.2, 0.25) is 0 Å². The van der Waals surface area contributed by atoms with Crippen LogP contribution in [0.5, 0.6) is 0 Å². The van der Waals surface area contributed by atoms with Gasteiger partial charge in [0.05, 0.1) is 0 Å². The van der Waals surface area contributed by atoms with Crippen molar-refractivity contribution in [3.8, 4) is 0 Å². The molecule has 3 heteroatoms. The monoisotopic (exact) mass is 209 g/mol. The van der Waals surface area contributed by atoms with Crippen LogP contribution in [-0.4, -0.2) is 6.04 Å². The van der Waals surface area contributed by atoms with Crippen LogP contribution in [0.1, 0.15) is 52.4 Å². The number of thiol groups is 2. The molecule has 0 aliphatic rings. The van der Waals surface area contributed by atoms with Crippen molar-refractivity contribution < 1.29 is 0 Å². The normalized spacial score (nSPS) is 11.8. The molecule has 1 nitrogen and oxygen atoms in total. The Balaban J connectivity index is 0. The highest BCUT2D eigenvalue weighted by atomic mass is 33.1. The van der Waals surface area contributed by atoms with Gasteiger partial charge in [0.1, 0.15) is 0 Å². The quantitative estimate of drug-likeness (QED) is 0.349. The Hall–Kier alpha value is 0.660. The summed E-state index contributed by atoms with van der Waals surface area (Å²) in [5.41, 5.74) is 5.61. The van der Waals surface area contributed by atoms with Crippen LogP contribution in [0.4, 0.5) is 0 Å². The first-order chi connectivity index (χ1) is 5.77. The molecule has 1 unspecified atom stereocenters. The van der Waals surface area contributed by atoms with E-state index in [0.29, 0.717) is 6.04 Å². The van der Waals surface area contributed by atoms with Crippen molar-refractivity contribution in [2.75, 3.05) is 0 Å². The van der Waals surface area contributed by atoms with Crippen LogP contribution in [0.25, 0.3) is 0 Å². The zero-order valence-electron chi connectivity index (χ0n) is 8.29. The smallest absolute Gasteiger partial charge is 0.00104 e. The van der Waals surface area contributed by atoms with Crippen LogP contribution in [0, 0.1) is 0 Å². The summed E-state index contributed by atoms with van der Waals surface area (Å²) >= 11 is 6.44. The molecule has 1 atom stereocenters. The lowest BCUT2D eigenvalue weighted by atomic mass is 10.1. The first-order valence-electron chi connectivity index (χ1n) is 4.73. The van der Waals surface area contributed by atoms with Crippen LogP contribution in [0.2, 0.25) is 0 Å². The van der Waals surface area contributed by atoms with Gasteiger partial charge in [-0.25, -0.2) is 0 Å². The third-order valence-corrected chi connectivity index (χ3v) is 1.76. The minimum Gasteiger partial charge on any atom is -0.328 e. The van der Waals surface area contributed by atoms with Crippen molar-refractivity contribution in [1.29, 1.82) is 0 Å². The highest BCUT2D eigenvalue weighted by Gasteiger charge is 1.92. The average molecular weight is 209 g/mol. The number of rotatable bonds is 6. The Morgan fingerprint density at radius 1 is 1.08 bits per heavy atom. The molecular weight excluding hydrogens is 186 g/mol. The second-order valence-electron chi connectivity index (χ2n) is 3.18. The molecule has 0 saturated carbocycles. The summed E-state index contributed by atoms with van der Waals surface area (Å²) < 4.78 is 0. The molecule has 0 aliphatic carbocycles. The molecule has 0 bridgehead atoms. The van der Waals surface area contributed by atoms with Gasteiger partial charge >= 0.3 is 0 Å². The largest absolute Gasteiger partial charge is 0.328 e. The van der Waals surface area contributed by atoms with Crippen molar-refractivity contribution in [2.24, 2.45) is 5.73 Å². The second-order valence-corrected chi connectivity index (χ2v) is 3.18. The third-order valence-electron chi connectivity index (χ3n) is 1.76. The van der Waals surface area contributed by atoms with E-state index in [2.05, 4.69) is 37.2 Å². The zero-order valence-corrected chi connectivity index (χ0v) is 10.1. The summed E-state index contributed by atoms with van der Waals surface area (Å²) in [6.07, 6.45) is 8.00. The van der Waals surface area contributed by atoms with Crippen LogP contribution >= 0.6 is 23.3 Å². The Labute approximate surface area is 87.7 Å². The highest BCUT2D eigenvalue weighted by molar-refractivity contribution is 8.59. The number of hydrogen-bond donors (Lipinski definition) is 3. The molecule has 0 fully saturated rings. The van der Waals surface area contributed by atoms with Gasteiger partial charge in [-0.05, 0) is 13.3 Å². The Kier molecular flexibility index (Phi) is 17.9. The van der Waals surface area contributed by atoms with E-state index in [-0.39, 0.29) is 0 Å². The Morgan fingerprint density at radius 3 is 2.00 bits per heavy atom. The van der Waals surface area contributed by atoms with Crippen LogP contribution in [0.15, 0.2) is 0 Å². The van der Waals surface area contributed by atoms with Gasteiger partial charge in [0.15, 0.2) is 0 Å². The second kappa shape index (κ2) is 14.2. The predicted molar refractivity (Wildman–Crippen MR) is 65.0 cm³/mol. The molecule has 0 radical (unpaired) electrons. The fourth-order valence-corrected chi connectivity index (χ4v) is 1.07. The minimum absolute atomic E-state index is 0.404. The molecule has 12 heavy (non-hydrogen) atoms. The molecular formula is C9H23NS2. The summed E-state index contributed by atoms with van der Waals surface area (Å²) in [6, 6.07) is 0.404. The van der Waals surface area contributed by atoms with E-state index in [4.69, 9.17) is 5.73 Å². The SMILES string of the molecule is CCCCCCCC(C)N.SS. The van der Waals surface area contributed by atoms with Crippen LogP contribution in [0.3, 0.4) is 0 Å². The molecule has 0 amide bonds. The fraction of sp³-hybridized carbons (Fsp3) is 1.00. The number of unbranched alkanes of at least 4 members (excludes halogenated alkanes) is 4. The number of hydrogen-bond acceptors (Lipinski definition) is 3. The number of nitrogens with two attached hydrogens (primary N) is 1. The first-order valence-corrected chi connectivity index (χ1v) is 6.33. The standard InChI is InChI=1S/C9H21N.H2S2/c1-3-4-5-6-7-8-9(2)10;1-2/h9H,3-8,10H2,1-2H3;1-2H. The summed E-state index contributed by atoms with van der Waals surface area (Å²) in [5.74, 6) is 0. The minimum atomic E-state index is 0.404. The molecule has 0 spiro atoms. The lowest BCUT2D eigenvalue weighted by molar-refractivity contribution is 0.563. The molecule has 0 aliphatic heterocycles. The molecule has 0 saturated heterocycles. The summed E-state index contributed by atoms with van der Waals surface area (Å²) in [7, 11) is 0. The van der Waals surface area contributed by atoms with Gasteiger partial charge in [-0.1, -0.05) is 39.0 Å². The maximum Gasteiger partial charge on any atom is 0.00104 e. The van der Waals surface area contributed by atoms with Crippen molar-refractivity contribution in [1.82, 2.24) is 0 Å². The van der Waals surface area contributed by atoms with Gasteiger partial charge in [-0.2, -0.15) is 0 Å². The van der Waals surface area contributed by atoms with Crippen LogP contribution in [-0.2, 0) is 0 Å². The Bertz CT molecular complexity index is 67.5. The van der Waals surface area contributed by atoms with E-state index < -0.39 is 0 Å². The summed E-state index contributed by atoms with van der Waals surface area (Å²) in [5, 5.41) is 0. The molecule has 0 aromatic rings. The van der Waals surface area contributed by atoms with Crippen molar-refractivity contribution >= 4 is 23.3 Å². The fourth-order valence-electron chi connectivity index (χ4n) is 1.07. The third kappa shape index (κ3) is 17.0. The maximum absolute atomic E-state index is 5.61. The first kappa shape index (κ1) is 15.1. The van der Waals surface area contributed by atoms with E-state index in [1.807, 2.05) is 0 Å². The van der Waals surface area contributed by atoms with Gasteiger partial charge in [0.25, 0.3) is 0 Å². The van der Waals surface area contributed by atoms with Crippen molar-refractivity contribution in [3.05, 3.63) is 0 Å². The topological polar surface area (TPSA) is 26.0 Å². The van der Waals surface area contributed by atoms with Gasteiger partial charge in [0, 0.05) is 6.04 Å². The highest BCUT2D eigenvalue weighted by Crippen LogP contribution is 2.05. The van der Waals surface area contributed by atoms with E-state index in [1.165, 1.54) is 38.5 Å². The Morgan fingerprint density at radius 2 is 1.58 bits per heavy atom. The van der Waals surface area contributed by atoms with Gasteiger partial charge < -0.3 is 5.73 Å². The average Bonchev–Trinajstić information content (AvgIpc) is 2.07. The summed E-state index contributed by atoms with van der Waals surface area (Å²) in [6.45, 7) is 4.32. The lowest BCUT2D eigenvalue weighted by Gasteiger charge is -2.02. The van der Waals surface area contributed by atoms with E-state index in [1.54, 1.807) is 0 Å². The van der Waals surface area contributed by atoms with E-state index in [9.17, 15) is 0 Å². The van der Waals surface area contributed by atoms with Gasteiger partial charge in [-0.3, -0.25) is 0 Å². The summed E-state index contributed by atoms with van der Waals surface area (Å²) in [4.78, 5) is 0. The van der Waals surface area contributed by atoms with E-state index >= 15 is 0 Å². The van der Waals surface area contributed by atoms with Crippen molar-refractivity contribution in [2.45, 2.75) is 58.4 Å². The zero-order chi connectivity index (χ0) is 9.82.